The van der Waals surface area contributed by atoms with Gasteiger partial charge in [0.1, 0.15) is 12.4 Å². The summed E-state index contributed by atoms with van der Waals surface area (Å²) in [6.45, 7) is 3.89. The molecule has 26 heavy (non-hydrogen) atoms. The van der Waals surface area contributed by atoms with Crippen molar-refractivity contribution in [3.63, 3.8) is 0 Å². The van der Waals surface area contributed by atoms with Crippen molar-refractivity contribution < 1.29 is 19.4 Å². The van der Waals surface area contributed by atoms with Crippen molar-refractivity contribution in [1.82, 2.24) is 4.90 Å². The SMILES string of the molecule is C=CC(=O)Nc1cccc(C(=O)N2CCOc3ccccc3C2CO)c1. The zero-order valence-electron chi connectivity index (χ0n) is 14.2. The number of benzene rings is 2. The Hall–Kier alpha value is -3.12. The molecule has 0 saturated heterocycles. The second-order valence-corrected chi connectivity index (χ2v) is 5.86. The van der Waals surface area contributed by atoms with Gasteiger partial charge >= 0.3 is 0 Å². The van der Waals surface area contributed by atoms with Crippen LogP contribution >= 0.6 is 0 Å². The van der Waals surface area contributed by atoms with Gasteiger partial charge in [-0.05, 0) is 30.3 Å². The number of nitrogens with zero attached hydrogens (tertiary/aromatic N) is 1. The van der Waals surface area contributed by atoms with Gasteiger partial charge in [0, 0.05) is 16.8 Å². The Bertz CT molecular complexity index is 834. The maximum Gasteiger partial charge on any atom is 0.254 e. The Morgan fingerprint density at radius 3 is 2.85 bits per heavy atom. The first-order chi connectivity index (χ1) is 12.6. The van der Waals surface area contributed by atoms with Gasteiger partial charge in [-0.25, -0.2) is 0 Å². The summed E-state index contributed by atoms with van der Waals surface area (Å²) in [5.41, 5.74) is 1.70. The summed E-state index contributed by atoms with van der Waals surface area (Å²) in [7, 11) is 0. The number of aliphatic hydroxyl groups excluding tert-OH is 1. The number of rotatable bonds is 4. The highest BCUT2D eigenvalue weighted by atomic mass is 16.5. The zero-order valence-corrected chi connectivity index (χ0v) is 14.2. The standard InChI is InChI=1S/C20H20N2O4/c1-2-19(24)21-15-7-5-6-14(12-15)20(25)22-10-11-26-18-9-4-3-8-16(18)17(22)13-23/h2-9,12,17,23H,1,10-11,13H2,(H,21,24). The minimum atomic E-state index is -0.493. The summed E-state index contributed by atoms with van der Waals surface area (Å²) >= 11 is 0. The van der Waals surface area contributed by atoms with Gasteiger partial charge in [0.2, 0.25) is 5.91 Å². The summed E-state index contributed by atoms with van der Waals surface area (Å²) in [6, 6.07) is 13.6. The summed E-state index contributed by atoms with van der Waals surface area (Å²) in [5.74, 6) is 0.0906. The molecule has 6 nitrogen and oxygen atoms in total. The molecular formula is C20H20N2O4. The molecule has 0 aromatic heterocycles. The number of hydrogen-bond donors (Lipinski definition) is 2. The third-order valence-corrected chi connectivity index (χ3v) is 4.24. The van der Waals surface area contributed by atoms with Crippen LogP contribution in [0.3, 0.4) is 0 Å². The molecule has 1 atom stereocenters. The second-order valence-electron chi connectivity index (χ2n) is 5.86. The van der Waals surface area contributed by atoms with Gasteiger partial charge in [-0.1, -0.05) is 30.8 Å². The lowest BCUT2D eigenvalue weighted by Crippen LogP contribution is -2.38. The molecule has 1 unspecified atom stereocenters. The van der Waals surface area contributed by atoms with Crippen molar-refractivity contribution >= 4 is 17.5 Å². The zero-order chi connectivity index (χ0) is 18.5. The number of fused-ring (bicyclic) bond motifs is 1. The molecule has 2 amide bonds. The van der Waals surface area contributed by atoms with Crippen LogP contribution in [0.5, 0.6) is 5.75 Å². The number of aliphatic hydroxyl groups is 1. The number of hydrogen-bond acceptors (Lipinski definition) is 4. The molecule has 6 heteroatoms. The van der Waals surface area contributed by atoms with E-state index in [1.807, 2.05) is 24.3 Å². The lowest BCUT2D eigenvalue weighted by atomic mass is 10.0. The molecule has 1 aliphatic heterocycles. The van der Waals surface area contributed by atoms with E-state index in [0.717, 1.165) is 5.56 Å². The van der Waals surface area contributed by atoms with E-state index in [4.69, 9.17) is 4.74 Å². The number of ether oxygens (including phenoxy) is 1. The topological polar surface area (TPSA) is 78.9 Å². The molecule has 2 aromatic rings. The largest absolute Gasteiger partial charge is 0.491 e. The Morgan fingerprint density at radius 2 is 2.08 bits per heavy atom. The van der Waals surface area contributed by atoms with Crippen molar-refractivity contribution in [3.05, 3.63) is 72.3 Å². The summed E-state index contributed by atoms with van der Waals surface area (Å²) in [5, 5.41) is 12.6. The fourth-order valence-corrected chi connectivity index (χ4v) is 2.99. The van der Waals surface area contributed by atoms with E-state index in [-0.39, 0.29) is 18.4 Å². The highest BCUT2D eigenvalue weighted by molar-refractivity contribution is 6.01. The van der Waals surface area contributed by atoms with Crippen LogP contribution in [0.2, 0.25) is 0 Å². The highest BCUT2D eigenvalue weighted by Crippen LogP contribution is 2.32. The second kappa shape index (κ2) is 7.84. The minimum absolute atomic E-state index is 0.209. The van der Waals surface area contributed by atoms with Crippen LogP contribution in [0, 0.1) is 0 Å². The first-order valence-electron chi connectivity index (χ1n) is 8.31. The van der Waals surface area contributed by atoms with Gasteiger partial charge in [0.25, 0.3) is 5.91 Å². The maximum absolute atomic E-state index is 13.1. The molecule has 0 fully saturated rings. The molecule has 0 aliphatic carbocycles. The van der Waals surface area contributed by atoms with Crippen LogP contribution in [0.25, 0.3) is 0 Å². The van der Waals surface area contributed by atoms with Crippen molar-refractivity contribution in [3.8, 4) is 5.75 Å². The summed E-state index contributed by atoms with van der Waals surface area (Å²) in [6.07, 6.45) is 1.17. The highest BCUT2D eigenvalue weighted by Gasteiger charge is 2.30. The van der Waals surface area contributed by atoms with Crippen molar-refractivity contribution in [2.45, 2.75) is 6.04 Å². The Balaban J connectivity index is 1.90. The molecule has 1 heterocycles. The van der Waals surface area contributed by atoms with E-state index < -0.39 is 6.04 Å². The van der Waals surface area contributed by atoms with E-state index in [0.29, 0.717) is 30.2 Å². The first-order valence-corrected chi connectivity index (χ1v) is 8.31. The molecule has 0 saturated carbocycles. The molecule has 2 aromatic carbocycles. The van der Waals surface area contributed by atoms with E-state index in [1.165, 1.54) is 6.08 Å². The minimum Gasteiger partial charge on any atom is -0.491 e. The predicted octanol–water partition coefficient (Wildman–Crippen LogP) is 2.38. The number of para-hydroxylation sites is 1. The van der Waals surface area contributed by atoms with Crippen LogP contribution in [-0.2, 0) is 4.79 Å². The third-order valence-electron chi connectivity index (χ3n) is 4.24. The van der Waals surface area contributed by atoms with Gasteiger partial charge in [0.15, 0.2) is 0 Å². The van der Waals surface area contributed by atoms with Crippen molar-refractivity contribution in [2.75, 3.05) is 25.1 Å². The average molecular weight is 352 g/mol. The summed E-state index contributed by atoms with van der Waals surface area (Å²) < 4.78 is 5.71. The molecule has 2 N–H and O–H groups in total. The first kappa shape index (κ1) is 17.7. The Labute approximate surface area is 151 Å². The molecule has 3 rings (SSSR count). The van der Waals surface area contributed by atoms with Gasteiger partial charge < -0.3 is 20.1 Å². The molecule has 0 radical (unpaired) electrons. The number of anilines is 1. The molecule has 134 valence electrons. The smallest absolute Gasteiger partial charge is 0.254 e. The van der Waals surface area contributed by atoms with Crippen LogP contribution in [0.15, 0.2) is 61.2 Å². The normalized spacial score (nSPS) is 16.0. The molecule has 0 spiro atoms. The Kier molecular flexibility index (Phi) is 5.34. The van der Waals surface area contributed by atoms with Gasteiger partial charge in [-0.3, -0.25) is 9.59 Å². The maximum atomic E-state index is 13.1. The predicted molar refractivity (Wildman–Crippen MR) is 98.1 cm³/mol. The van der Waals surface area contributed by atoms with E-state index in [9.17, 15) is 14.7 Å². The van der Waals surface area contributed by atoms with Crippen molar-refractivity contribution in [2.24, 2.45) is 0 Å². The number of carbonyl (C=O) groups excluding carboxylic acids is 2. The molecule has 0 bridgehead atoms. The van der Waals surface area contributed by atoms with Gasteiger partial charge in [-0.2, -0.15) is 0 Å². The number of amides is 2. The Morgan fingerprint density at radius 1 is 1.27 bits per heavy atom. The fourth-order valence-electron chi connectivity index (χ4n) is 2.99. The lowest BCUT2D eigenvalue weighted by molar-refractivity contribution is -0.111. The quantitative estimate of drug-likeness (QED) is 0.828. The monoisotopic (exact) mass is 352 g/mol. The molecular weight excluding hydrogens is 332 g/mol. The van der Waals surface area contributed by atoms with Crippen LogP contribution in [0.1, 0.15) is 22.0 Å². The van der Waals surface area contributed by atoms with E-state index in [1.54, 1.807) is 29.2 Å². The van der Waals surface area contributed by atoms with Crippen LogP contribution in [0.4, 0.5) is 5.69 Å². The van der Waals surface area contributed by atoms with Gasteiger partial charge in [-0.15, -0.1) is 0 Å². The van der Waals surface area contributed by atoms with E-state index in [2.05, 4.69) is 11.9 Å². The lowest BCUT2D eigenvalue weighted by Gasteiger charge is -2.28. The van der Waals surface area contributed by atoms with E-state index >= 15 is 0 Å². The fraction of sp³-hybridized carbons (Fsp3) is 0.200. The summed E-state index contributed by atoms with van der Waals surface area (Å²) in [4.78, 5) is 26.1. The number of nitrogens with one attached hydrogen (secondary N) is 1. The van der Waals surface area contributed by atoms with Gasteiger partial charge in [0.05, 0.1) is 19.2 Å². The average Bonchev–Trinajstić information content (AvgIpc) is 2.86. The molecule has 1 aliphatic rings. The third kappa shape index (κ3) is 3.60. The van der Waals surface area contributed by atoms with Crippen LogP contribution < -0.4 is 10.1 Å². The number of carbonyl (C=O) groups is 2. The van der Waals surface area contributed by atoms with Crippen molar-refractivity contribution in [1.29, 1.82) is 0 Å². The van der Waals surface area contributed by atoms with Crippen LogP contribution in [-0.4, -0.2) is 41.6 Å².